The maximum Gasteiger partial charge on any atom is 0.411 e. The van der Waals surface area contributed by atoms with Crippen LogP contribution in [0, 0.1) is 0 Å². The molecule has 0 unspecified atom stereocenters. The highest BCUT2D eigenvalue weighted by atomic mass is 16.5. The van der Waals surface area contributed by atoms with E-state index in [9.17, 15) is 9.59 Å². The van der Waals surface area contributed by atoms with Crippen molar-refractivity contribution in [2.45, 2.75) is 45.4 Å². The highest BCUT2D eigenvalue weighted by Crippen LogP contribution is 2.38. The third-order valence-corrected chi connectivity index (χ3v) is 6.25. The second-order valence-corrected chi connectivity index (χ2v) is 8.36. The number of anilines is 3. The summed E-state index contributed by atoms with van der Waals surface area (Å²) in [6.07, 6.45) is 5.58. The van der Waals surface area contributed by atoms with Crippen molar-refractivity contribution in [1.29, 1.82) is 0 Å². The van der Waals surface area contributed by atoms with Crippen LogP contribution in [0.4, 0.5) is 21.9 Å². The summed E-state index contributed by atoms with van der Waals surface area (Å²) in [6.45, 7) is 5.28. The molecule has 1 saturated heterocycles. The summed E-state index contributed by atoms with van der Waals surface area (Å²) in [4.78, 5) is 28.9. The van der Waals surface area contributed by atoms with Crippen molar-refractivity contribution in [2.75, 3.05) is 36.5 Å². The summed E-state index contributed by atoms with van der Waals surface area (Å²) >= 11 is 0. The van der Waals surface area contributed by atoms with Crippen molar-refractivity contribution < 1.29 is 19.2 Å². The van der Waals surface area contributed by atoms with Crippen LogP contribution in [0.3, 0.4) is 0 Å². The molecule has 0 saturated carbocycles. The van der Waals surface area contributed by atoms with Gasteiger partial charge < -0.3 is 9.64 Å². The predicted molar refractivity (Wildman–Crippen MR) is 122 cm³/mol. The third-order valence-electron chi connectivity index (χ3n) is 6.25. The Morgan fingerprint density at radius 3 is 2.52 bits per heavy atom. The fourth-order valence-corrected chi connectivity index (χ4v) is 4.65. The zero-order valence-corrected chi connectivity index (χ0v) is 18.3. The average molecular weight is 423 g/mol. The molecule has 2 aromatic carbocycles. The average Bonchev–Trinajstić information content (AvgIpc) is 2.95. The number of piperidine rings is 1. The van der Waals surface area contributed by atoms with Crippen LogP contribution in [0.2, 0.25) is 0 Å². The molecule has 1 fully saturated rings. The van der Waals surface area contributed by atoms with Crippen LogP contribution in [0.25, 0.3) is 0 Å². The van der Waals surface area contributed by atoms with Gasteiger partial charge in [0.15, 0.2) is 0 Å². The quantitative estimate of drug-likeness (QED) is 0.776. The number of quaternary nitrogens is 1. The van der Waals surface area contributed by atoms with Gasteiger partial charge in [-0.05, 0) is 68.4 Å². The summed E-state index contributed by atoms with van der Waals surface area (Å²) in [5.74, 6) is 0.113. The first-order chi connectivity index (χ1) is 15.2. The Bertz CT molecular complexity index is 937. The lowest BCUT2D eigenvalue weighted by Crippen LogP contribution is -3.12. The van der Waals surface area contributed by atoms with E-state index in [0.29, 0.717) is 18.7 Å². The summed E-state index contributed by atoms with van der Waals surface area (Å²) < 4.78 is 5.02. The van der Waals surface area contributed by atoms with Gasteiger partial charge in [0.1, 0.15) is 0 Å². The second kappa shape index (κ2) is 9.96. The summed E-state index contributed by atoms with van der Waals surface area (Å²) in [7, 11) is 0. The zero-order valence-electron chi connectivity index (χ0n) is 18.3. The van der Waals surface area contributed by atoms with Gasteiger partial charge in [0, 0.05) is 5.69 Å². The van der Waals surface area contributed by atoms with E-state index in [2.05, 4.69) is 11.4 Å². The molecule has 2 heterocycles. The maximum absolute atomic E-state index is 13.6. The van der Waals surface area contributed by atoms with Crippen molar-refractivity contribution in [1.82, 2.24) is 0 Å². The Labute approximate surface area is 184 Å². The molecular formula is C25H32N3O3+. The van der Waals surface area contributed by atoms with Crippen LogP contribution in [0.5, 0.6) is 0 Å². The minimum absolute atomic E-state index is 0.113. The smallest absolute Gasteiger partial charge is 0.411 e. The molecule has 164 valence electrons. The number of nitrogens with one attached hydrogen (secondary N) is 2. The maximum atomic E-state index is 13.6. The van der Waals surface area contributed by atoms with Crippen molar-refractivity contribution in [3.05, 3.63) is 53.6 Å². The number of amides is 2. The van der Waals surface area contributed by atoms with Gasteiger partial charge in [-0.3, -0.25) is 15.0 Å². The highest BCUT2D eigenvalue weighted by Gasteiger charge is 2.27. The van der Waals surface area contributed by atoms with E-state index in [4.69, 9.17) is 4.74 Å². The number of carbonyl (C=O) groups is 2. The number of nitrogens with zero attached hydrogens (tertiary/aromatic N) is 1. The van der Waals surface area contributed by atoms with Gasteiger partial charge in [0.05, 0.1) is 44.0 Å². The number of carbonyl (C=O) groups excluding carboxylic acids is 2. The number of aryl methyl sites for hydroxylation is 2. The Hall–Kier alpha value is -2.86. The summed E-state index contributed by atoms with van der Waals surface area (Å²) in [5.41, 5.74) is 4.74. The molecule has 0 atom stereocenters. The number of ether oxygens (including phenoxy) is 1. The standard InChI is InChI=1S/C25H31N3O3/c1-2-31-25(30)26-21-13-12-20-11-10-19-8-4-5-9-22(19)28(23(20)18-21)24(29)14-17-27-15-6-3-7-16-27/h4-5,8-9,12-13,18H,2-3,6-7,10-11,14-17H2,1H3,(H,26,30)/p+1. The monoisotopic (exact) mass is 422 g/mol. The normalized spacial score (nSPS) is 16.1. The third kappa shape index (κ3) is 5.07. The van der Waals surface area contributed by atoms with Crippen LogP contribution in [0.1, 0.15) is 43.7 Å². The molecule has 31 heavy (non-hydrogen) atoms. The lowest BCUT2D eigenvalue weighted by Gasteiger charge is -2.27. The summed E-state index contributed by atoms with van der Waals surface area (Å²) in [5, 5.41) is 2.78. The van der Waals surface area contributed by atoms with E-state index in [0.717, 1.165) is 49.4 Å². The van der Waals surface area contributed by atoms with Gasteiger partial charge in [-0.2, -0.15) is 0 Å². The number of benzene rings is 2. The zero-order chi connectivity index (χ0) is 21.6. The molecule has 2 aliphatic heterocycles. The van der Waals surface area contributed by atoms with Crippen molar-refractivity contribution in [3.8, 4) is 0 Å². The number of likely N-dealkylation sites (tertiary alicyclic amines) is 1. The van der Waals surface area contributed by atoms with Crippen LogP contribution >= 0.6 is 0 Å². The largest absolute Gasteiger partial charge is 0.450 e. The van der Waals surface area contributed by atoms with Crippen molar-refractivity contribution >= 4 is 29.1 Å². The van der Waals surface area contributed by atoms with Crippen LogP contribution in [-0.2, 0) is 22.4 Å². The number of para-hydroxylation sites is 1. The van der Waals surface area contributed by atoms with Gasteiger partial charge in [-0.15, -0.1) is 0 Å². The van der Waals surface area contributed by atoms with Gasteiger partial charge in [-0.1, -0.05) is 24.3 Å². The van der Waals surface area contributed by atoms with Gasteiger partial charge >= 0.3 is 6.09 Å². The van der Waals surface area contributed by atoms with Crippen LogP contribution < -0.4 is 15.1 Å². The second-order valence-electron chi connectivity index (χ2n) is 8.36. The van der Waals surface area contributed by atoms with Gasteiger partial charge in [-0.25, -0.2) is 4.79 Å². The fraction of sp³-hybridized carbons (Fsp3) is 0.440. The molecule has 2 aromatic rings. The number of fused-ring (bicyclic) bond motifs is 2. The molecule has 0 radical (unpaired) electrons. The lowest BCUT2D eigenvalue weighted by molar-refractivity contribution is -0.904. The number of rotatable bonds is 5. The SMILES string of the molecule is CCOC(=O)Nc1ccc2c(c1)N(C(=O)CC[NH+]1CCCCC1)c1ccccc1CC2. The predicted octanol–water partition coefficient (Wildman–Crippen LogP) is 3.48. The van der Waals surface area contributed by atoms with Crippen LogP contribution in [-0.4, -0.2) is 38.2 Å². The molecule has 4 rings (SSSR count). The molecule has 6 nitrogen and oxygen atoms in total. The minimum atomic E-state index is -0.483. The molecule has 0 aromatic heterocycles. The molecule has 6 heteroatoms. The lowest BCUT2D eigenvalue weighted by atomic mass is 10.0. The molecule has 0 bridgehead atoms. The number of hydrogen-bond acceptors (Lipinski definition) is 3. The van der Waals surface area contributed by atoms with Crippen molar-refractivity contribution in [2.24, 2.45) is 0 Å². The van der Waals surface area contributed by atoms with Crippen molar-refractivity contribution in [3.63, 3.8) is 0 Å². The molecule has 0 spiro atoms. The Morgan fingerprint density at radius 2 is 1.74 bits per heavy atom. The van der Waals surface area contributed by atoms with E-state index in [-0.39, 0.29) is 5.91 Å². The van der Waals surface area contributed by atoms with E-state index in [1.165, 1.54) is 29.7 Å². The minimum Gasteiger partial charge on any atom is -0.450 e. The van der Waals surface area contributed by atoms with E-state index in [1.54, 1.807) is 6.92 Å². The highest BCUT2D eigenvalue weighted by molar-refractivity contribution is 6.03. The van der Waals surface area contributed by atoms with Gasteiger partial charge in [0.2, 0.25) is 5.91 Å². The fourth-order valence-electron chi connectivity index (χ4n) is 4.65. The first-order valence-corrected chi connectivity index (χ1v) is 11.5. The van der Waals surface area contributed by atoms with Crippen LogP contribution in [0.15, 0.2) is 42.5 Å². The first kappa shape index (κ1) is 21.4. The molecule has 2 aliphatic rings. The molecular weight excluding hydrogens is 390 g/mol. The van der Waals surface area contributed by atoms with Gasteiger partial charge in [0.25, 0.3) is 0 Å². The molecule has 0 aliphatic carbocycles. The van der Waals surface area contributed by atoms with E-state index >= 15 is 0 Å². The number of hydrogen-bond donors (Lipinski definition) is 2. The Kier molecular flexibility index (Phi) is 6.87. The Morgan fingerprint density at radius 1 is 1.00 bits per heavy atom. The topological polar surface area (TPSA) is 63.1 Å². The first-order valence-electron chi connectivity index (χ1n) is 11.5. The van der Waals surface area contributed by atoms with E-state index < -0.39 is 6.09 Å². The molecule has 2 amide bonds. The summed E-state index contributed by atoms with van der Waals surface area (Å²) in [6, 6.07) is 14.0. The molecule has 2 N–H and O–H groups in total. The van der Waals surface area contributed by atoms with E-state index in [1.807, 2.05) is 41.3 Å². The Balaban J connectivity index is 1.63.